The fourth-order valence-electron chi connectivity index (χ4n) is 3.25. The van der Waals surface area contributed by atoms with Gasteiger partial charge in [0.25, 0.3) is 0 Å². The van der Waals surface area contributed by atoms with Gasteiger partial charge < -0.3 is 9.64 Å². The van der Waals surface area contributed by atoms with E-state index in [2.05, 4.69) is 23.0 Å². The van der Waals surface area contributed by atoms with Gasteiger partial charge >= 0.3 is 0 Å². The molecule has 0 bridgehead atoms. The van der Waals surface area contributed by atoms with E-state index in [0.29, 0.717) is 12.6 Å². The van der Waals surface area contributed by atoms with Crippen molar-refractivity contribution >= 4 is 5.91 Å². The maximum atomic E-state index is 12.8. The van der Waals surface area contributed by atoms with Crippen molar-refractivity contribution in [2.45, 2.75) is 25.0 Å². The lowest BCUT2D eigenvalue weighted by molar-refractivity contribution is -0.137. The number of carbonyl (C=O) groups excluding carboxylic acids is 1. The van der Waals surface area contributed by atoms with Crippen LogP contribution in [0, 0.1) is 5.92 Å². The molecule has 114 valence electrons. The Balaban J connectivity index is 1.67. The third kappa shape index (κ3) is 3.10. The van der Waals surface area contributed by atoms with Crippen molar-refractivity contribution in [1.29, 1.82) is 0 Å². The van der Waals surface area contributed by atoms with Crippen LogP contribution >= 0.6 is 0 Å². The number of carbonyl (C=O) groups is 1. The number of ether oxygens (including phenoxy) is 1. The van der Waals surface area contributed by atoms with E-state index in [1.54, 1.807) is 7.11 Å². The first-order valence-corrected chi connectivity index (χ1v) is 7.64. The molecule has 2 saturated heterocycles. The van der Waals surface area contributed by atoms with Crippen molar-refractivity contribution in [2.24, 2.45) is 5.92 Å². The lowest BCUT2D eigenvalue weighted by atomic mass is 9.93. The normalized spacial score (nSPS) is 27.0. The van der Waals surface area contributed by atoms with E-state index in [-0.39, 0.29) is 17.9 Å². The SMILES string of the molecule is COC1CCN(C(=O)C2CNNC2c2ccccc2)CC1. The first-order valence-electron chi connectivity index (χ1n) is 7.64. The van der Waals surface area contributed by atoms with Gasteiger partial charge in [0.2, 0.25) is 5.91 Å². The number of methoxy groups -OCH3 is 1. The summed E-state index contributed by atoms with van der Waals surface area (Å²) in [4.78, 5) is 14.8. The lowest BCUT2D eigenvalue weighted by Gasteiger charge is -2.33. The molecule has 0 saturated carbocycles. The van der Waals surface area contributed by atoms with Gasteiger partial charge in [-0.3, -0.25) is 10.2 Å². The second kappa shape index (κ2) is 6.56. The Labute approximate surface area is 125 Å². The molecule has 2 N–H and O–H groups in total. The molecular weight excluding hydrogens is 266 g/mol. The van der Waals surface area contributed by atoms with Crippen molar-refractivity contribution < 1.29 is 9.53 Å². The molecule has 2 aliphatic heterocycles. The third-order valence-corrected chi connectivity index (χ3v) is 4.54. The number of rotatable bonds is 3. The number of benzene rings is 1. The zero-order valence-corrected chi connectivity index (χ0v) is 12.4. The van der Waals surface area contributed by atoms with E-state index >= 15 is 0 Å². The van der Waals surface area contributed by atoms with E-state index in [4.69, 9.17) is 4.74 Å². The molecule has 21 heavy (non-hydrogen) atoms. The third-order valence-electron chi connectivity index (χ3n) is 4.54. The van der Waals surface area contributed by atoms with Gasteiger partial charge in [-0.25, -0.2) is 5.43 Å². The molecule has 3 rings (SSSR count). The molecule has 1 aromatic rings. The van der Waals surface area contributed by atoms with Gasteiger partial charge in [-0.1, -0.05) is 30.3 Å². The van der Waals surface area contributed by atoms with Gasteiger partial charge in [0.15, 0.2) is 0 Å². The Morgan fingerprint density at radius 2 is 1.95 bits per heavy atom. The summed E-state index contributed by atoms with van der Waals surface area (Å²) in [6.07, 6.45) is 2.18. The number of piperidine rings is 1. The monoisotopic (exact) mass is 289 g/mol. The summed E-state index contributed by atoms with van der Waals surface area (Å²) in [5, 5.41) is 0. The average molecular weight is 289 g/mol. The van der Waals surface area contributed by atoms with Gasteiger partial charge in [0.05, 0.1) is 18.1 Å². The van der Waals surface area contributed by atoms with Gasteiger partial charge in [0, 0.05) is 26.7 Å². The molecule has 0 aromatic heterocycles. The highest BCUT2D eigenvalue weighted by atomic mass is 16.5. The average Bonchev–Trinajstić information content (AvgIpc) is 3.04. The molecule has 1 amide bonds. The zero-order valence-electron chi connectivity index (χ0n) is 12.4. The Bertz CT molecular complexity index is 472. The summed E-state index contributed by atoms with van der Waals surface area (Å²) in [5.41, 5.74) is 7.54. The van der Waals surface area contributed by atoms with E-state index in [9.17, 15) is 4.79 Å². The first-order chi connectivity index (χ1) is 10.3. The van der Waals surface area contributed by atoms with Crippen molar-refractivity contribution in [2.75, 3.05) is 26.7 Å². The van der Waals surface area contributed by atoms with Crippen molar-refractivity contribution in [3.63, 3.8) is 0 Å². The molecule has 0 radical (unpaired) electrons. The topological polar surface area (TPSA) is 53.6 Å². The Hall–Kier alpha value is -1.43. The van der Waals surface area contributed by atoms with E-state index < -0.39 is 0 Å². The van der Waals surface area contributed by atoms with Crippen molar-refractivity contribution in [3.8, 4) is 0 Å². The molecule has 0 spiro atoms. The van der Waals surface area contributed by atoms with E-state index in [1.165, 1.54) is 0 Å². The molecule has 2 unspecified atom stereocenters. The summed E-state index contributed by atoms with van der Waals surface area (Å²) < 4.78 is 5.37. The Kier molecular flexibility index (Phi) is 4.53. The van der Waals surface area contributed by atoms with Crippen molar-refractivity contribution in [3.05, 3.63) is 35.9 Å². The van der Waals surface area contributed by atoms with Gasteiger partial charge in [0.1, 0.15) is 0 Å². The smallest absolute Gasteiger partial charge is 0.229 e. The molecular formula is C16H23N3O2. The Morgan fingerprint density at radius 1 is 1.24 bits per heavy atom. The molecule has 2 fully saturated rings. The van der Waals surface area contributed by atoms with Crippen LogP contribution in [-0.2, 0) is 9.53 Å². The summed E-state index contributed by atoms with van der Waals surface area (Å²) in [6, 6.07) is 10.2. The summed E-state index contributed by atoms with van der Waals surface area (Å²) in [7, 11) is 1.75. The second-order valence-electron chi connectivity index (χ2n) is 5.78. The quantitative estimate of drug-likeness (QED) is 0.874. The number of nitrogens with zero attached hydrogens (tertiary/aromatic N) is 1. The van der Waals surface area contributed by atoms with Crippen LogP contribution in [0.2, 0.25) is 0 Å². The fourth-order valence-corrected chi connectivity index (χ4v) is 3.25. The molecule has 0 aliphatic carbocycles. The van der Waals surface area contributed by atoms with Crippen LogP contribution in [-0.4, -0.2) is 43.7 Å². The number of likely N-dealkylation sites (tertiary alicyclic amines) is 1. The molecule has 2 heterocycles. The highest BCUT2D eigenvalue weighted by Gasteiger charge is 2.37. The molecule has 2 atom stereocenters. The summed E-state index contributed by atoms with van der Waals surface area (Å²) in [6.45, 7) is 2.29. The van der Waals surface area contributed by atoms with Gasteiger partial charge in [-0.2, -0.15) is 0 Å². The Morgan fingerprint density at radius 3 is 2.62 bits per heavy atom. The van der Waals surface area contributed by atoms with Crippen LogP contribution in [0.4, 0.5) is 0 Å². The van der Waals surface area contributed by atoms with Gasteiger partial charge in [-0.05, 0) is 18.4 Å². The van der Waals surface area contributed by atoms with Crippen LogP contribution < -0.4 is 10.9 Å². The lowest BCUT2D eigenvalue weighted by Crippen LogP contribution is -2.45. The second-order valence-corrected chi connectivity index (χ2v) is 5.78. The standard InChI is InChI=1S/C16H23N3O2/c1-21-13-7-9-19(10-8-13)16(20)14-11-17-18-15(14)12-5-3-2-4-6-12/h2-6,13-15,17-18H,7-11H2,1H3. The molecule has 2 aliphatic rings. The van der Waals surface area contributed by atoms with Crippen molar-refractivity contribution in [1.82, 2.24) is 15.8 Å². The first kappa shape index (κ1) is 14.5. The van der Waals surface area contributed by atoms with Crippen LogP contribution in [0.25, 0.3) is 0 Å². The predicted octanol–water partition coefficient (Wildman–Crippen LogP) is 1.09. The highest BCUT2D eigenvalue weighted by molar-refractivity contribution is 5.80. The highest BCUT2D eigenvalue weighted by Crippen LogP contribution is 2.27. The van der Waals surface area contributed by atoms with Crippen LogP contribution in [0.15, 0.2) is 30.3 Å². The van der Waals surface area contributed by atoms with Gasteiger partial charge in [-0.15, -0.1) is 0 Å². The number of nitrogens with one attached hydrogen (secondary N) is 2. The fraction of sp³-hybridized carbons (Fsp3) is 0.562. The van der Waals surface area contributed by atoms with E-state index in [0.717, 1.165) is 31.5 Å². The minimum Gasteiger partial charge on any atom is -0.381 e. The zero-order chi connectivity index (χ0) is 14.7. The minimum atomic E-state index is -0.0357. The number of hydrogen-bond acceptors (Lipinski definition) is 4. The van der Waals surface area contributed by atoms with Crippen LogP contribution in [0.1, 0.15) is 24.4 Å². The largest absolute Gasteiger partial charge is 0.381 e. The van der Waals surface area contributed by atoms with Crippen LogP contribution in [0.5, 0.6) is 0 Å². The predicted molar refractivity (Wildman–Crippen MR) is 80.4 cm³/mol. The summed E-state index contributed by atoms with van der Waals surface area (Å²) >= 11 is 0. The number of amides is 1. The maximum absolute atomic E-state index is 12.8. The van der Waals surface area contributed by atoms with E-state index in [1.807, 2.05) is 23.1 Å². The molecule has 1 aromatic carbocycles. The minimum absolute atomic E-state index is 0.0357. The maximum Gasteiger partial charge on any atom is 0.229 e. The molecule has 5 nitrogen and oxygen atoms in total. The molecule has 5 heteroatoms. The number of hydrogen-bond donors (Lipinski definition) is 2. The summed E-state index contributed by atoms with van der Waals surface area (Å²) in [5.74, 6) is 0.211. The number of hydrazine groups is 1. The van der Waals surface area contributed by atoms with Crippen LogP contribution in [0.3, 0.4) is 0 Å².